The maximum Gasteiger partial charge on any atom is 0.191 e. The van der Waals surface area contributed by atoms with Gasteiger partial charge in [-0.2, -0.15) is 10.2 Å². The molecule has 0 saturated carbocycles. The van der Waals surface area contributed by atoms with E-state index in [0.717, 1.165) is 53.3 Å². The molecule has 0 aliphatic carbocycles. The summed E-state index contributed by atoms with van der Waals surface area (Å²) in [7, 11) is 0. The number of hydrogen-bond donors (Lipinski definition) is 2. The average Bonchev–Trinajstić information content (AvgIpc) is 3.44. The number of aromatic amines is 2. The van der Waals surface area contributed by atoms with Gasteiger partial charge in [0, 0.05) is 36.3 Å². The summed E-state index contributed by atoms with van der Waals surface area (Å²) < 4.78 is 5.95. The molecule has 0 bridgehead atoms. The molecule has 0 saturated heterocycles. The molecule has 0 atom stereocenters. The van der Waals surface area contributed by atoms with Gasteiger partial charge in [-0.25, -0.2) is 4.98 Å². The Bertz CT molecular complexity index is 1020. The van der Waals surface area contributed by atoms with Crippen molar-refractivity contribution in [3.8, 4) is 11.3 Å². The maximum absolute atomic E-state index is 5.95. The Labute approximate surface area is 160 Å². The molecular weight excluding hydrogens is 360 g/mol. The van der Waals surface area contributed by atoms with Crippen LogP contribution in [0.2, 0.25) is 0 Å². The lowest BCUT2D eigenvalue weighted by Crippen LogP contribution is -2.29. The minimum absolute atomic E-state index is 0.726. The summed E-state index contributed by atoms with van der Waals surface area (Å²) in [6.45, 7) is 2.62. The highest BCUT2D eigenvalue weighted by Gasteiger charge is 2.23. The van der Waals surface area contributed by atoms with E-state index in [2.05, 4.69) is 42.4 Å². The van der Waals surface area contributed by atoms with Crippen LogP contribution in [0.4, 0.5) is 0 Å². The number of aromatic nitrogens is 5. The van der Waals surface area contributed by atoms with Crippen molar-refractivity contribution in [3.05, 3.63) is 65.8 Å². The van der Waals surface area contributed by atoms with Crippen LogP contribution in [0.3, 0.4) is 0 Å². The number of nitrogens with one attached hydrogen (secondary N) is 2. The monoisotopic (exact) mass is 378 g/mol. The normalized spacial score (nSPS) is 14.4. The first-order chi connectivity index (χ1) is 13.3. The van der Waals surface area contributed by atoms with Gasteiger partial charge in [0.25, 0.3) is 0 Å². The van der Waals surface area contributed by atoms with E-state index in [0.29, 0.717) is 0 Å². The molecule has 4 heterocycles. The van der Waals surface area contributed by atoms with E-state index < -0.39 is 0 Å². The van der Waals surface area contributed by atoms with Crippen LogP contribution in [0.25, 0.3) is 11.3 Å². The van der Waals surface area contributed by atoms with Crippen molar-refractivity contribution in [2.75, 3.05) is 6.54 Å². The Kier molecular flexibility index (Phi) is 4.27. The van der Waals surface area contributed by atoms with Gasteiger partial charge in [-0.3, -0.25) is 15.1 Å². The van der Waals surface area contributed by atoms with Gasteiger partial charge >= 0.3 is 0 Å². The van der Waals surface area contributed by atoms with Crippen molar-refractivity contribution in [2.45, 2.75) is 29.8 Å². The molecule has 1 aliphatic rings. The molecule has 2 N–H and O–H groups in total. The quantitative estimate of drug-likeness (QED) is 0.553. The molecule has 5 rings (SSSR count). The lowest BCUT2D eigenvalue weighted by atomic mass is 10.0. The summed E-state index contributed by atoms with van der Waals surface area (Å²) in [4.78, 5) is 6.50. The number of H-pyrrole nitrogens is 2. The standard InChI is InChI=1S/C19H18N6OS/c1-2-4-13(5-3-1)18-15-11-25(9-8-16(15)22-23-18)10-14-6-7-17(26-14)27-19-20-12-21-24-19/h1-7,12H,8-11H2,(H,22,23)(H,20,21,24). The van der Waals surface area contributed by atoms with Crippen molar-refractivity contribution in [3.63, 3.8) is 0 Å². The minimum atomic E-state index is 0.726. The second-order valence-electron chi connectivity index (χ2n) is 6.47. The van der Waals surface area contributed by atoms with Gasteiger partial charge in [0.15, 0.2) is 10.2 Å². The molecule has 0 radical (unpaired) electrons. The highest BCUT2D eigenvalue weighted by atomic mass is 32.2. The third-order valence-electron chi connectivity index (χ3n) is 4.67. The van der Waals surface area contributed by atoms with Crippen molar-refractivity contribution in [1.29, 1.82) is 0 Å². The molecule has 0 unspecified atom stereocenters. The molecule has 7 nitrogen and oxygen atoms in total. The molecule has 136 valence electrons. The summed E-state index contributed by atoms with van der Waals surface area (Å²) in [5.74, 6) is 0.949. The molecule has 1 aliphatic heterocycles. The molecule has 1 aromatic carbocycles. The number of rotatable bonds is 5. The molecule has 0 fully saturated rings. The van der Waals surface area contributed by atoms with E-state index in [1.54, 1.807) is 0 Å². The zero-order chi connectivity index (χ0) is 18.1. The summed E-state index contributed by atoms with van der Waals surface area (Å²) in [5, 5.41) is 16.0. The first-order valence-electron chi connectivity index (χ1n) is 8.81. The van der Waals surface area contributed by atoms with Crippen LogP contribution < -0.4 is 0 Å². The Morgan fingerprint density at radius 3 is 2.89 bits per heavy atom. The van der Waals surface area contributed by atoms with Crippen molar-refractivity contribution < 1.29 is 4.42 Å². The number of furan rings is 1. The fourth-order valence-electron chi connectivity index (χ4n) is 3.38. The summed E-state index contributed by atoms with van der Waals surface area (Å²) in [5.41, 5.74) is 4.73. The third-order valence-corrected chi connectivity index (χ3v) is 5.48. The Morgan fingerprint density at radius 1 is 1.11 bits per heavy atom. The highest BCUT2D eigenvalue weighted by molar-refractivity contribution is 7.99. The molecule has 27 heavy (non-hydrogen) atoms. The summed E-state index contributed by atoms with van der Waals surface area (Å²) >= 11 is 1.44. The lowest BCUT2D eigenvalue weighted by molar-refractivity contribution is 0.220. The van der Waals surface area contributed by atoms with E-state index in [1.165, 1.54) is 29.3 Å². The summed E-state index contributed by atoms with van der Waals surface area (Å²) in [6.07, 6.45) is 2.46. The Hall–Kier alpha value is -2.84. The van der Waals surface area contributed by atoms with Gasteiger partial charge in [0.1, 0.15) is 12.1 Å². The molecule has 8 heteroatoms. The average molecular weight is 378 g/mol. The van der Waals surface area contributed by atoms with Gasteiger partial charge in [-0.15, -0.1) is 0 Å². The molecule has 4 aromatic rings. The first kappa shape index (κ1) is 16.3. The number of benzene rings is 1. The second-order valence-corrected chi connectivity index (χ2v) is 7.46. The zero-order valence-corrected chi connectivity index (χ0v) is 15.4. The van der Waals surface area contributed by atoms with Crippen LogP contribution in [-0.4, -0.2) is 36.8 Å². The van der Waals surface area contributed by atoms with Crippen molar-refractivity contribution in [2.24, 2.45) is 0 Å². The van der Waals surface area contributed by atoms with Gasteiger partial charge in [0.05, 0.1) is 12.2 Å². The van der Waals surface area contributed by atoms with Gasteiger partial charge in [0.2, 0.25) is 0 Å². The highest BCUT2D eigenvalue weighted by Crippen LogP contribution is 2.30. The smallest absolute Gasteiger partial charge is 0.191 e. The predicted molar refractivity (Wildman–Crippen MR) is 101 cm³/mol. The van der Waals surface area contributed by atoms with Crippen molar-refractivity contribution in [1.82, 2.24) is 30.3 Å². The van der Waals surface area contributed by atoms with E-state index in [4.69, 9.17) is 4.42 Å². The number of fused-ring (bicyclic) bond motifs is 1. The molecule has 0 spiro atoms. The maximum atomic E-state index is 5.95. The van der Waals surface area contributed by atoms with Crippen LogP contribution in [0.5, 0.6) is 0 Å². The van der Waals surface area contributed by atoms with E-state index in [-0.39, 0.29) is 0 Å². The van der Waals surface area contributed by atoms with Crippen LogP contribution in [-0.2, 0) is 19.5 Å². The van der Waals surface area contributed by atoms with Crippen molar-refractivity contribution >= 4 is 11.8 Å². The van der Waals surface area contributed by atoms with E-state index in [9.17, 15) is 0 Å². The van der Waals surface area contributed by atoms with Crippen LogP contribution in [0, 0.1) is 0 Å². The largest absolute Gasteiger partial charge is 0.453 e. The Morgan fingerprint density at radius 2 is 2.04 bits per heavy atom. The second kappa shape index (κ2) is 7.05. The molecular formula is C19H18N6OS. The lowest BCUT2D eigenvalue weighted by Gasteiger charge is -2.26. The number of hydrogen-bond acceptors (Lipinski definition) is 6. The van der Waals surface area contributed by atoms with Crippen LogP contribution in [0.1, 0.15) is 17.0 Å². The number of nitrogens with zero attached hydrogens (tertiary/aromatic N) is 4. The van der Waals surface area contributed by atoms with Gasteiger partial charge < -0.3 is 4.42 Å². The molecule has 0 amide bonds. The van der Waals surface area contributed by atoms with E-state index >= 15 is 0 Å². The van der Waals surface area contributed by atoms with Crippen LogP contribution >= 0.6 is 11.8 Å². The minimum Gasteiger partial charge on any atom is -0.453 e. The Balaban J connectivity index is 1.30. The van der Waals surface area contributed by atoms with Crippen LogP contribution in [0.15, 0.2) is 63.5 Å². The first-order valence-corrected chi connectivity index (χ1v) is 9.62. The van der Waals surface area contributed by atoms with Gasteiger partial charge in [-0.1, -0.05) is 30.3 Å². The molecule has 3 aromatic heterocycles. The predicted octanol–water partition coefficient (Wildman–Crippen LogP) is 3.50. The fraction of sp³-hybridized carbons (Fsp3) is 0.211. The van der Waals surface area contributed by atoms with E-state index in [1.807, 2.05) is 30.3 Å². The fourth-order valence-corrected chi connectivity index (χ4v) is 4.05. The van der Waals surface area contributed by atoms with Gasteiger partial charge in [-0.05, 0) is 23.9 Å². The SMILES string of the molecule is c1ccc(-c2n[nH]c3c2CN(Cc2ccc(Sc4ncn[nH]4)o2)CC3)cc1. The topological polar surface area (TPSA) is 86.6 Å². The third kappa shape index (κ3) is 3.41. The summed E-state index contributed by atoms with van der Waals surface area (Å²) in [6, 6.07) is 14.3. The zero-order valence-electron chi connectivity index (χ0n) is 14.6.